The molecular formula is C12H17NO4. The number of carbonyl (C=O) groups is 1. The van der Waals surface area contributed by atoms with Gasteiger partial charge < -0.3 is 20.6 Å². The second kappa shape index (κ2) is 6.22. The molecule has 0 amide bonds. The highest BCUT2D eigenvalue weighted by Gasteiger charge is 2.09. The van der Waals surface area contributed by atoms with E-state index in [1.807, 2.05) is 6.92 Å². The third kappa shape index (κ3) is 4.05. The summed E-state index contributed by atoms with van der Waals surface area (Å²) in [7, 11) is 0. The minimum atomic E-state index is -1.33. The molecule has 0 saturated heterocycles. The van der Waals surface area contributed by atoms with Crippen molar-refractivity contribution in [1.29, 1.82) is 0 Å². The maximum atomic E-state index is 10.9. The third-order valence-electron chi connectivity index (χ3n) is 2.45. The molecule has 1 aromatic rings. The molecule has 0 aliphatic heterocycles. The minimum Gasteiger partial charge on any atom is -0.478 e. The smallest absolute Gasteiger partial charge is 0.335 e. The lowest BCUT2D eigenvalue weighted by molar-refractivity contribution is -0.0423. The average Bonchev–Trinajstić information content (AvgIpc) is 2.28. The topological polar surface area (TPSA) is 89.8 Å². The molecule has 0 saturated carbocycles. The van der Waals surface area contributed by atoms with E-state index in [4.69, 9.17) is 15.3 Å². The summed E-state index contributed by atoms with van der Waals surface area (Å²) in [6.07, 6.45) is -0.464. The van der Waals surface area contributed by atoms with Crippen molar-refractivity contribution >= 4 is 11.7 Å². The predicted octanol–water partition coefficient (Wildman–Crippen LogP) is 1.06. The van der Waals surface area contributed by atoms with Crippen molar-refractivity contribution in [1.82, 2.24) is 0 Å². The number of hydrogen-bond acceptors (Lipinski definition) is 4. The third-order valence-corrected chi connectivity index (χ3v) is 2.45. The van der Waals surface area contributed by atoms with E-state index in [1.165, 1.54) is 0 Å². The van der Waals surface area contributed by atoms with Crippen LogP contribution >= 0.6 is 0 Å². The number of carboxylic acid groups (broad SMARTS) is 1. The summed E-state index contributed by atoms with van der Waals surface area (Å²) in [5.41, 5.74) is 1.85. The van der Waals surface area contributed by atoms with Gasteiger partial charge in [0.1, 0.15) is 0 Å². The van der Waals surface area contributed by atoms with E-state index in [9.17, 15) is 4.79 Å². The standard InChI is InChI=1S/C12H17NO4/c1-2-8-7-9(13-6-5-11(14)15)3-4-10(8)12(16)17/h3-4,7,11,13-15H,2,5-6H2,1H3,(H,16,17). The number of aliphatic hydroxyl groups is 2. The van der Waals surface area contributed by atoms with Crippen molar-refractivity contribution in [3.63, 3.8) is 0 Å². The highest BCUT2D eigenvalue weighted by Crippen LogP contribution is 2.16. The van der Waals surface area contributed by atoms with Crippen molar-refractivity contribution in [3.8, 4) is 0 Å². The Bertz CT molecular complexity index is 390. The van der Waals surface area contributed by atoms with Gasteiger partial charge in [0.05, 0.1) is 5.56 Å². The predicted molar refractivity (Wildman–Crippen MR) is 64.1 cm³/mol. The SMILES string of the molecule is CCc1cc(NCCC(O)O)ccc1C(=O)O. The molecule has 5 heteroatoms. The lowest BCUT2D eigenvalue weighted by Crippen LogP contribution is -2.12. The second-order valence-electron chi connectivity index (χ2n) is 3.73. The Labute approximate surface area is 99.7 Å². The summed E-state index contributed by atoms with van der Waals surface area (Å²) in [5, 5.41) is 29.3. The Morgan fingerprint density at radius 2 is 2.12 bits per heavy atom. The van der Waals surface area contributed by atoms with E-state index >= 15 is 0 Å². The lowest BCUT2D eigenvalue weighted by Gasteiger charge is -2.10. The Hall–Kier alpha value is -1.59. The van der Waals surface area contributed by atoms with Gasteiger partial charge in [-0.25, -0.2) is 4.79 Å². The van der Waals surface area contributed by atoms with Crippen molar-refractivity contribution in [2.45, 2.75) is 26.1 Å². The van der Waals surface area contributed by atoms with Crippen LogP contribution in [-0.4, -0.2) is 34.1 Å². The molecule has 0 heterocycles. The van der Waals surface area contributed by atoms with Crippen LogP contribution in [-0.2, 0) is 6.42 Å². The molecule has 0 bridgehead atoms. The van der Waals surface area contributed by atoms with Gasteiger partial charge in [0, 0.05) is 18.7 Å². The first-order valence-electron chi connectivity index (χ1n) is 5.50. The van der Waals surface area contributed by atoms with Crippen LogP contribution in [0.15, 0.2) is 18.2 Å². The lowest BCUT2D eigenvalue weighted by atomic mass is 10.0. The van der Waals surface area contributed by atoms with Crippen LogP contribution < -0.4 is 5.32 Å². The molecule has 0 atom stereocenters. The maximum absolute atomic E-state index is 10.9. The number of benzene rings is 1. The number of aryl methyl sites for hydroxylation is 1. The highest BCUT2D eigenvalue weighted by atomic mass is 16.5. The molecule has 0 aliphatic carbocycles. The molecule has 0 fully saturated rings. The summed E-state index contributed by atoms with van der Waals surface area (Å²) in [6, 6.07) is 5.00. The number of aromatic carboxylic acids is 1. The summed E-state index contributed by atoms with van der Waals surface area (Å²) in [5.74, 6) is -0.931. The van der Waals surface area contributed by atoms with Gasteiger partial charge in [0.15, 0.2) is 6.29 Å². The number of aliphatic hydroxyl groups excluding tert-OH is 1. The molecule has 0 unspecified atom stereocenters. The van der Waals surface area contributed by atoms with Crippen molar-refractivity contribution in [2.75, 3.05) is 11.9 Å². The van der Waals surface area contributed by atoms with Crippen LogP contribution in [0.4, 0.5) is 5.69 Å². The number of anilines is 1. The van der Waals surface area contributed by atoms with Crippen LogP contribution in [0, 0.1) is 0 Å². The highest BCUT2D eigenvalue weighted by molar-refractivity contribution is 5.90. The second-order valence-corrected chi connectivity index (χ2v) is 3.73. The van der Waals surface area contributed by atoms with E-state index in [2.05, 4.69) is 5.32 Å². The Kier molecular flexibility index (Phi) is 4.93. The fourth-order valence-electron chi connectivity index (χ4n) is 1.55. The molecule has 17 heavy (non-hydrogen) atoms. The molecule has 1 aromatic carbocycles. The molecule has 0 aliphatic rings. The van der Waals surface area contributed by atoms with Crippen LogP contribution in [0.5, 0.6) is 0 Å². The first kappa shape index (κ1) is 13.5. The molecule has 4 N–H and O–H groups in total. The molecule has 0 aromatic heterocycles. The zero-order chi connectivity index (χ0) is 12.8. The molecule has 94 valence electrons. The van der Waals surface area contributed by atoms with E-state index < -0.39 is 12.3 Å². The van der Waals surface area contributed by atoms with Crippen LogP contribution in [0.25, 0.3) is 0 Å². The molecule has 0 spiro atoms. The summed E-state index contributed by atoms with van der Waals surface area (Å²) in [6.45, 7) is 2.32. The van der Waals surface area contributed by atoms with E-state index in [0.717, 1.165) is 11.3 Å². The van der Waals surface area contributed by atoms with Crippen LogP contribution in [0.2, 0.25) is 0 Å². The first-order chi connectivity index (χ1) is 8.04. The average molecular weight is 239 g/mol. The van der Waals surface area contributed by atoms with Crippen molar-refractivity contribution in [3.05, 3.63) is 29.3 Å². The van der Waals surface area contributed by atoms with Gasteiger partial charge in [0.2, 0.25) is 0 Å². The van der Waals surface area contributed by atoms with Gasteiger partial charge in [-0.1, -0.05) is 6.92 Å². The molecular weight excluding hydrogens is 222 g/mol. The Morgan fingerprint density at radius 3 is 2.65 bits per heavy atom. The summed E-state index contributed by atoms with van der Waals surface area (Å²) in [4.78, 5) is 10.9. The van der Waals surface area contributed by atoms with Gasteiger partial charge in [-0.3, -0.25) is 0 Å². The van der Waals surface area contributed by atoms with E-state index in [1.54, 1.807) is 18.2 Å². The molecule has 0 radical (unpaired) electrons. The zero-order valence-electron chi connectivity index (χ0n) is 9.68. The van der Waals surface area contributed by atoms with Gasteiger partial charge >= 0.3 is 5.97 Å². The number of nitrogens with one attached hydrogen (secondary N) is 1. The number of hydrogen-bond donors (Lipinski definition) is 4. The van der Waals surface area contributed by atoms with Crippen molar-refractivity contribution in [2.24, 2.45) is 0 Å². The van der Waals surface area contributed by atoms with Crippen LogP contribution in [0.1, 0.15) is 29.3 Å². The zero-order valence-corrected chi connectivity index (χ0v) is 9.68. The quantitative estimate of drug-likeness (QED) is 0.557. The molecule has 5 nitrogen and oxygen atoms in total. The fourth-order valence-corrected chi connectivity index (χ4v) is 1.55. The Balaban J connectivity index is 2.72. The van der Waals surface area contributed by atoms with E-state index in [-0.39, 0.29) is 6.42 Å². The minimum absolute atomic E-state index is 0.224. The summed E-state index contributed by atoms with van der Waals surface area (Å²) < 4.78 is 0. The van der Waals surface area contributed by atoms with Crippen molar-refractivity contribution < 1.29 is 20.1 Å². The number of rotatable bonds is 6. The monoisotopic (exact) mass is 239 g/mol. The maximum Gasteiger partial charge on any atom is 0.335 e. The summed E-state index contributed by atoms with van der Waals surface area (Å²) >= 11 is 0. The molecule has 1 rings (SSSR count). The largest absolute Gasteiger partial charge is 0.478 e. The normalized spacial score (nSPS) is 10.6. The van der Waals surface area contributed by atoms with E-state index in [0.29, 0.717) is 18.5 Å². The van der Waals surface area contributed by atoms with Crippen LogP contribution in [0.3, 0.4) is 0 Å². The fraction of sp³-hybridized carbons (Fsp3) is 0.417. The first-order valence-corrected chi connectivity index (χ1v) is 5.50. The van der Waals surface area contributed by atoms with Gasteiger partial charge in [-0.2, -0.15) is 0 Å². The number of carboxylic acids is 1. The van der Waals surface area contributed by atoms with Gasteiger partial charge in [-0.15, -0.1) is 0 Å². The van der Waals surface area contributed by atoms with Gasteiger partial charge in [0.25, 0.3) is 0 Å². The Morgan fingerprint density at radius 1 is 1.41 bits per heavy atom. The van der Waals surface area contributed by atoms with Gasteiger partial charge in [-0.05, 0) is 30.2 Å².